The Kier molecular flexibility index (Phi) is 6.06. The van der Waals surface area contributed by atoms with E-state index in [1.807, 2.05) is 24.3 Å². The summed E-state index contributed by atoms with van der Waals surface area (Å²) < 4.78 is 13.8. The van der Waals surface area contributed by atoms with Gasteiger partial charge in [-0.15, -0.1) is 0 Å². The molecule has 2 aromatic rings. The van der Waals surface area contributed by atoms with Gasteiger partial charge in [-0.25, -0.2) is 4.39 Å². The average Bonchev–Trinajstić information content (AvgIpc) is 2.93. The first kappa shape index (κ1) is 18.9. The van der Waals surface area contributed by atoms with Gasteiger partial charge in [0, 0.05) is 25.6 Å². The van der Waals surface area contributed by atoms with Crippen LogP contribution in [0.4, 0.5) is 21.5 Å². The van der Waals surface area contributed by atoms with Crippen molar-refractivity contribution in [2.24, 2.45) is 0 Å². The van der Waals surface area contributed by atoms with Crippen molar-refractivity contribution in [3.8, 4) is 0 Å². The predicted octanol–water partition coefficient (Wildman–Crippen LogP) is 4.42. The van der Waals surface area contributed by atoms with Crippen LogP contribution in [-0.4, -0.2) is 24.9 Å². The fraction of sp³-hybridized carbons (Fsp3) is 0.333. The molecule has 1 aliphatic heterocycles. The van der Waals surface area contributed by atoms with E-state index in [1.54, 1.807) is 0 Å². The van der Waals surface area contributed by atoms with Gasteiger partial charge in [0.15, 0.2) is 0 Å². The number of anilines is 3. The van der Waals surface area contributed by atoms with E-state index in [2.05, 4.69) is 15.5 Å². The van der Waals surface area contributed by atoms with E-state index < -0.39 is 11.7 Å². The highest BCUT2D eigenvalue weighted by molar-refractivity contribution is 6.06. The fourth-order valence-electron chi connectivity index (χ4n) is 3.31. The summed E-state index contributed by atoms with van der Waals surface area (Å²) in [6.45, 7) is 3.23. The van der Waals surface area contributed by atoms with Crippen LogP contribution in [0.1, 0.15) is 43.0 Å². The average molecular weight is 369 g/mol. The van der Waals surface area contributed by atoms with Crippen LogP contribution in [0.3, 0.4) is 0 Å². The standard InChI is InChI=1S/C21H24FN3O2/c1-15(26)23-19-14-16(10-11-17(19)22)21(27)24-18-8-4-5-9-20(18)25-12-6-2-3-7-13-25/h4-5,8-11,14H,2-3,6-7,12-13H2,1H3,(H,23,26)(H,24,27). The lowest BCUT2D eigenvalue weighted by atomic mass is 10.1. The molecule has 0 bridgehead atoms. The molecule has 0 unspecified atom stereocenters. The minimum atomic E-state index is -0.577. The summed E-state index contributed by atoms with van der Waals surface area (Å²) in [5, 5.41) is 5.33. The molecule has 1 aliphatic rings. The molecule has 1 fully saturated rings. The largest absolute Gasteiger partial charge is 0.370 e. The van der Waals surface area contributed by atoms with Crippen LogP contribution in [0.25, 0.3) is 0 Å². The van der Waals surface area contributed by atoms with Crippen molar-refractivity contribution >= 4 is 28.9 Å². The molecule has 0 radical (unpaired) electrons. The van der Waals surface area contributed by atoms with Gasteiger partial charge < -0.3 is 15.5 Å². The van der Waals surface area contributed by atoms with Crippen molar-refractivity contribution in [1.29, 1.82) is 0 Å². The zero-order valence-electron chi connectivity index (χ0n) is 15.4. The molecule has 0 aromatic heterocycles. The molecule has 0 saturated carbocycles. The van der Waals surface area contributed by atoms with E-state index in [-0.39, 0.29) is 17.2 Å². The molecule has 1 saturated heterocycles. The van der Waals surface area contributed by atoms with Crippen LogP contribution >= 0.6 is 0 Å². The molecule has 2 aromatic carbocycles. The van der Waals surface area contributed by atoms with Gasteiger partial charge in [-0.3, -0.25) is 9.59 Å². The maximum atomic E-state index is 13.8. The molecule has 6 heteroatoms. The molecule has 142 valence electrons. The Hall–Kier alpha value is -2.89. The number of nitrogens with zero attached hydrogens (tertiary/aromatic N) is 1. The normalized spacial score (nSPS) is 14.4. The summed E-state index contributed by atoms with van der Waals surface area (Å²) in [5.41, 5.74) is 2.01. The maximum Gasteiger partial charge on any atom is 0.255 e. The first-order valence-corrected chi connectivity index (χ1v) is 9.27. The van der Waals surface area contributed by atoms with Gasteiger partial charge in [-0.1, -0.05) is 25.0 Å². The van der Waals surface area contributed by atoms with Crippen molar-refractivity contribution in [1.82, 2.24) is 0 Å². The Morgan fingerprint density at radius 3 is 2.33 bits per heavy atom. The smallest absolute Gasteiger partial charge is 0.255 e. The molecule has 0 aliphatic carbocycles. The number of amides is 2. The molecule has 0 spiro atoms. The van der Waals surface area contributed by atoms with E-state index >= 15 is 0 Å². The minimum Gasteiger partial charge on any atom is -0.370 e. The number of hydrogen-bond donors (Lipinski definition) is 2. The summed E-state index contributed by atoms with van der Waals surface area (Å²) in [5.74, 6) is -1.31. The highest BCUT2D eigenvalue weighted by Gasteiger charge is 2.16. The van der Waals surface area contributed by atoms with E-state index in [4.69, 9.17) is 0 Å². The summed E-state index contributed by atoms with van der Waals surface area (Å²) in [7, 11) is 0. The van der Waals surface area contributed by atoms with E-state index in [0.717, 1.165) is 37.3 Å². The number of benzene rings is 2. The molecular formula is C21H24FN3O2. The number of para-hydroxylation sites is 2. The van der Waals surface area contributed by atoms with Gasteiger partial charge in [-0.05, 0) is 43.2 Å². The third-order valence-electron chi connectivity index (χ3n) is 4.64. The van der Waals surface area contributed by atoms with Crippen molar-refractivity contribution < 1.29 is 14.0 Å². The fourth-order valence-corrected chi connectivity index (χ4v) is 3.31. The minimum absolute atomic E-state index is 0.00375. The van der Waals surface area contributed by atoms with Crippen molar-refractivity contribution in [3.05, 3.63) is 53.8 Å². The van der Waals surface area contributed by atoms with Crippen LogP contribution in [0.15, 0.2) is 42.5 Å². The van der Waals surface area contributed by atoms with E-state index in [0.29, 0.717) is 0 Å². The summed E-state index contributed by atoms with van der Waals surface area (Å²) in [4.78, 5) is 26.2. The highest BCUT2D eigenvalue weighted by Crippen LogP contribution is 2.28. The predicted molar refractivity (Wildman–Crippen MR) is 106 cm³/mol. The van der Waals surface area contributed by atoms with Gasteiger partial charge >= 0.3 is 0 Å². The van der Waals surface area contributed by atoms with Gasteiger partial charge in [0.05, 0.1) is 17.1 Å². The zero-order chi connectivity index (χ0) is 19.2. The lowest BCUT2D eigenvalue weighted by molar-refractivity contribution is -0.114. The number of nitrogens with one attached hydrogen (secondary N) is 2. The Morgan fingerprint density at radius 2 is 1.63 bits per heavy atom. The van der Waals surface area contributed by atoms with Crippen molar-refractivity contribution in [2.75, 3.05) is 28.6 Å². The Morgan fingerprint density at radius 1 is 0.926 bits per heavy atom. The summed E-state index contributed by atoms with van der Waals surface area (Å²) in [6, 6.07) is 11.7. The Labute approximate surface area is 158 Å². The van der Waals surface area contributed by atoms with Crippen LogP contribution in [-0.2, 0) is 4.79 Å². The quantitative estimate of drug-likeness (QED) is 0.839. The third kappa shape index (κ3) is 4.84. The molecule has 5 nitrogen and oxygen atoms in total. The van der Waals surface area contributed by atoms with Crippen molar-refractivity contribution in [3.63, 3.8) is 0 Å². The van der Waals surface area contributed by atoms with Crippen LogP contribution < -0.4 is 15.5 Å². The molecule has 1 heterocycles. The van der Waals surface area contributed by atoms with Gasteiger partial charge in [0.2, 0.25) is 5.91 Å². The van der Waals surface area contributed by atoms with Gasteiger partial charge in [-0.2, -0.15) is 0 Å². The number of rotatable bonds is 4. The lowest BCUT2D eigenvalue weighted by Gasteiger charge is -2.25. The lowest BCUT2D eigenvalue weighted by Crippen LogP contribution is -2.25. The SMILES string of the molecule is CC(=O)Nc1cc(C(=O)Nc2ccccc2N2CCCCCC2)ccc1F. The number of carbonyl (C=O) groups is 2. The number of hydrogen-bond acceptors (Lipinski definition) is 3. The zero-order valence-corrected chi connectivity index (χ0v) is 15.4. The first-order chi connectivity index (χ1) is 13.0. The van der Waals surface area contributed by atoms with Crippen LogP contribution in [0, 0.1) is 5.82 Å². The summed E-state index contributed by atoms with van der Waals surface area (Å²) >= 11 is 0. The Balaban J connectivity index is 1.81. The van der Waals surface area contributed by atoms with Crippen LogP contribution in [0.5, 0.6) is 0 Å². The second-order valence-electron chi connectivity index (χ2n) is 6.75. The molecule has 2 N–H and O–H groups in total. The molecular weight excluding hydrogens is 345 g/mol. The number of carbonyl (C=O) groups excluding carboxylic acids is 2. The monoisotopic (exact) mass is 369 g/mol. The molecule has 0 atom stereocenters. The number of halogens is 1. The van der Waals surface area contributed by atoms with Gasteiger partial charge in [0.1, 0.15) is 5.82 Å². The maximum absolute atomic E-state index is 13.8. The molecule has 2 amide bonds. The first-order valence-electron chi connectivity index (χ1n) is 9.27. The van der Waals surface area contributed by atoms with Crippen molar-refractivity contribution in [2.45, 2.75) is 32.6 Å². The second kappa shape index (κ2) is 8.66. The topological polar surface area (TPSA) is 61.4 Å². The van der Waals surface area contributed by atoms with E-state index in [1.165, 1.54) is 38.0 Å². The van der Waals surface area contributed by atoms with Gasteiger partial charge in [0.25, 0.3) is 5.91 Å². The summed E-state index contributed by atoms with van der Waals surface area (Å²) in [6.07, 6.45) is 4.74. The molecule has 3 rings (SSSR count). The third-order valence-corrected chi connectivity index (χ3v) is 4.64. The highest BCUT2D eigenvalue weighted by atomic mass is 19.1. The second-order valence-corrected chi connectivity index (χ2v) is 6.75. The Bertz CT molecular complexity index is 830. The molecule has 27 heavy (non-hydrogen) atoms. The van der Waals surface area contributed by atoms with Crippen LogP contribution in [0.2, 0.25) is 0 Å². The van der Waals surface area contributed by atoms with E-state index in [9.17, 15) is 14.0 Å².